The minimum absolute atomic E-state index is 0.0388. The van der Waals surface area contributed by atoms with E-state index in [9.17, 15) is 13.6 Å². The number of allylic oxidation sites excluding steroid dienone is 1. The number of furan rings is 1. The fourth-order valence-electron chi connectivity index (χ4n) is 2.47. The Bertz CT molecular complexity index is 1010. The van der Waals surface area contributed by atoms with E-state index < -0.39 is 17.5 Å². The van der Waals surface area contributed by atoms with Crippen LogP contribution < -0.4 is 5.32 Å². The normalized spacial score (nSPS) is 10.9. The first kappa shape index (κ1) is 20.3. The summed E-state index contributed by atoms with van der Waals surface area (Å²) in [5.74, 6) is -0.812. The van der Waals surface area contributed by atoms with Crippen molar-refractivity contribution in [1.29, 1.82) is 0 Å². The lowest BCUT2D eigenvalue weighted by atomic mass is 10.2. The zero-order chi connectivity index (χ0) is 20.3. The standard InChI is InChI=1S/C18H15BrF2N4O2S/c1-3-5-25-17(12-4-6-27-10(12)2)23-24-18(25)28-9-15(26)22-16-13(19)7-11(20)8-14(16)21/h3-4,6-8H,1,5,9H2,2H3,(H,22,26). The molecule has 6 nitrogen and oxygen atoms in total. The Kier molecular flexibility index (Phi) is 6.30. The molecule has 0 unspecified atom stereocenters. The molecular formula is C18H15BrF2N4O2S. The second-order valence-electron chi connectivity index (χ2n) is 5.68. The van der Waals surface area contributed by atoms with Crippen molar-refractivity contribution in [3.63, 3.8) is 0 Å². The zero-order valence-corrected chi connectivity index (χ0v) is 17.1. The highest BCUT2D eigenvalue weighted by atomic mass is 79.9. The van der Waals surface area contributed by atoms with Crippen LogP contribution >= 0.6 is 27.7 Å². The van der Waals surface area contributed by atoms with Gasteiger partial charge in [-0.05, 0) is 35.0 Å². The minimum Gasteiger partial charge on any atom is -0.469 e. The monoisotopic (exact) mass is 468 g/mol. The van der Waals surface area contributed by atoms with Crippen molar-refractivity contribution in [2.75, 3.05) is 11.1 Å². The summed E-state index contributed by atoms with van der Waals surface area (Å²) >= 11 is 4.18. The molecular weight excluding hydrogens is 454 g/mol. The van der Waals surface area contributed by atoms with Crippen LogP contribution in [-0.2, 0) is 11.3 Å². The van der Waals surface area contributed by atoms with Gasteiger partial charge in [0.1, 0.15) is 11.6 Å². The van der Waals surface area contributed by atoms with Gasteiger partial charge >= 0.3 is 0 Å². The van der Waals surface area contributed by atoms with E-state index >= 15 is 0 Å². The number of hydrogen-bond donors (Lipinski definition) is 1. The molecule has 1 aromatic carbocycles. The highest BCUT2D eigenvalue weighted by Gasteiger charge is 2.18. The summed E-state index contributed by atoms with van der Waals surface area (Å²) in [5, 5.41) is 11.2. The number of nitrogens with one attached hydrogen (secondary N) is 1. The van der Waals surface area contributed by atoms with Gasteiger partial charge in [0.05, 0.1) is 23.3 Å². The van der Waals surface area contributed by atoms with Crippen LogP contribution in [0.2, 0.25) is 0 Å². The Morgan fingerprint density at radius 1 is 1.43 bits per heavy atom. The lowest BCUT2D eigenvalue weighted by Crippen LogP contribution is -2.16. The molecule has 1 N–H and O–H groups in total. The van der Waals surface area contributed by atoms with Crippen molar-refractivity contribution in [3.05, 3.63) is 59.0 Å². The lowest BCUT2D eigenvalue weighted by molar-refractivity contribution is -0.113. The van der Waals surface area contributed by atoms with Crippen LogP contribution in [-0.4, -0.2) is 26.4 Å². The summed E-state index contributed by atoms with van der Waals surface area (Å²) in [4.78, 5) is 12.2. The second kappa shape index (κ2) is 8.70. The number of aromatic nitrogens is 3. The van der Waals surface area contributed by atoms with Gasteiger partial charge in [-0.3, -0.25) is 9.36 Å². The van der Waals surface area contributed by atoms with E-state index in [1.165, 1.54) is 0 Å². The van der Waals surface area contributed by atoms with Gasteiger partial charge in [0.15, 0.2) is 16.8 Å². The number of anilines is 1. The Hall–Kier alpha value is -2.46. The van der Waals surface area contributed by atoms with Crippen LogP contribution in [0.25, 0.3) is 11.4 Å². The molecule has 3 aromatic rings. The molecule has 0 bridgehead atoms. The molecule has 0 atom stereocenters. The summed E-state index contributed by atoms with van der Waals surface area (Å²) < 4.78 is 34.3. The van der Waals surface area contributed by atoms with Crippen LogP contribution in [0.4, 0.5) is 14.5 Å². The van der Waals surface area contributed by atoms with Crippen molar-refractivity contribution >= 4 is 39.3 Å². The number of hydrogen-bond acceptors (Lipinski definition) is 5. The molecule has 10 heteroatoms. The molecule has 0 fully saturated rings. The first-order valence-corrected chi connectivity index (χ1v) is 9.84. The predicted molar refractivity (Wildman–Crippen MR) is 106 cm³/mol. The van der Waals surface area contributed by atoms with Crippen molar-refractivity contribution in [1.82, 2.24) is 14.8 Å². The summed E-state index contributed by atoms with van der Waals surface area (Å²) in [7, 11) is 0. The van der Waals surface area contributed by atoms with E-state index in [1.807, 2.05) is 6.92 Å². The van der Waals surface area contributed by atoms with Crippen LogP contribution in [0.15, 0.2) is 51.2 Å². The third kappa shape index (κ3) is 4.33. The lowest BCUT2D eigenvalue weighted by Gasteiger charge is -2.09. The molecule has 0 aliphatic rings. The third-order valence-electron chi connectivity index (χ3n) is 3.73. The summed E-state index contributed by atoms with van der Waals surface area (Å²) in [6, 6.07) is 3.56. The van der Waals surface area contributed by atoms with Crippen molar-refractivity contribution in [2.24, 2.45) is 0 Å². The van der Waals surface area contributed by atoms with Crippen molar-refractivity contribution < 1.29 is 18.0 Å². The highest BCUT2D eigenvalue weighted by molar-refractivity contribution is 9.10. The first-order chi connectivity index (χ1) is 13.4. The molecule has 0 saturated heterocycles. The maximum atomic E-state index is 13.9. The van der Waals surface area contributed by atoms with Gasteiger partial charge in [-0.2, -0.15) is 0 Å². The van der Waals surface area contributed by atoms with Gasteiger partial charge in [-0.1, -0.05) is 17.8 Å². The molecule has 2 heterocycles. The van der Waals surface area contributed by atoms with Gasteiger partial charge in [0, 0.05) is 17.1 Å². The Morgan fingerprint density at radius 3 is 2.86 bits per heavy atom. The van der Waals surface area contributed by atoms with Crippen LogP contribution in [0.5, 0.6) is 0 Å². The Balaban J connectivity index is 1.74. The molecule has 3 rings (SSSR count). The number of rotatable bonds is 7. The van der Waals surface area contributed by atoms with E-state index in [0.717, 1.165) is 23.4 Å². The molecule has 28 heavy (non-hydrogen) atoms. The second-order valence-corrected chi connectivity index (χ2v) is 7.47. The van der Waals surface area contributed by atoms with E-state index in [2.05, 4.69) is 38.0 Å². The number of amides is 1. The zero-order valence-electron chi connectivity index (χ0n) is 14.7. The number of carbonyl (C=O) groups excluding carboxylic acids is 1. The SMILES string of the molecule is C=CCn1c(SCC(=O)Nc2c(F)cc(F)cc2Br)nnc1-c1ccoc1C. The molecule has 1 amide bonds. The number of nitrogens with zero attached hydrogens (tertiary/aromatic N) is 3. The fraction of sp³-hybridized carbons (Fsp3) is 0.167. The van der Waals surface area contributed by atoms with E-state index in [-0.39, 0.29) is 15.9 Å². The largest absolute Gasteiger partial charge is 0.469 e. The van der Waals surface area contributed by atoms with Gasteiger partial charge in [-0.15, -0.1) is 16.8 Å². The van der Waals surface area contributed by atoms with Crippen LogP contribution in [0, 0.1) is 18.6 Å². The number of halogens is 3. The average molecular weight is 469 g/mol. The molecule has 2 aromatic heterocycles. The Labute approximate surface area is 172 Å². The van der Waals surface area contributed by atoms with E-state index in [4.69, 9.17) is 4.42 Å². The average Bonchev–Trinajstić information content (AvgIpc) is 3.22. The summed E-state index contributed by atoms with van der Waals surface area (Å²) in [6.07, 6.45) is 3.25. The van der Waals surface area contributed by atoms with Crippen LogP contribution in [0.1, 0.15) is 5.76 Å². The maximum Gasteiger partial charge on any atom is 0.234 e. The van der Waals surface area contributed by atoms with E-state index in [1.54, 1.807) is 23.0 Å². The minimum atomic E-state index is -0.863. The molecule has 0 aliphatic heterocycles. The fourth-order valence-corrected chi connectivity index (χ4v) is 3.73. The number of aryl methyl sites for hydroxylation is 1. The first-order valence-electron chi connectivity index (χ1n) is 8.06. The highest BCUT2D eigenvalue weighted by Crippen LogP contribution is 2.29. The van der Waals surface area contributed by atoms with Crippen LogP contribution in [0.3, 0.4) is 0 Å². The number of benzene rings is 1. The quantitative estimate of drug-likeness (QED) is 0.398. The van der Waals surface area contributed by atoms with E-state index in [0.29, 0.717) is 29.4 Å². The van der Waals surface area contributed by atoms with Gasteiger partial charge in [-0.25, -0.2) is 8.78 Å². The number of thioether (sulfide) groups is 1. The smallest absolute Gasteiger partial charge is 0.234 e. The summed E-state index contributed by atoms with van der Waals surface area (Å²) in [5.41, 5.74) is 0.678. The molecule has 0 aliphatic carbocycles. The molecule has 146 valence electrons. The molecule has 0 saturated carbocycles. The summed E-state index contributed by atoms with van der Waals surface area (Å²) in [6.45, 7) is 5.99. The van der Waals surface area contributed by atoms with Crippen molar-refractivity contribution in [2.45, 2.75) is 18.6 Å². The van der Waals surface area contributed by atoms with Gasteiger partial charge < -0.3 is 9.73 Å². The Morgan fingerprint density at radius 2 is 2.21 bits per heavy atom. The van der Waals surface area contributed by atoms with Gasteiger partial charge in [0.2, 0.25) is 5.91 Å². The van der Waals surface area contributed by atoms with Gasteiger partial charge in [0.25, 0.3) is 0 Å². The molecule has 0 radical (unpaired) electrons. The third-order valence-corrected chi connectivity index (χ3v) is 5.32. The maximum absolute atomic E-state index is 13.9. The predicted octanol–water partition coefficient (Wildman–Crippen LogP) is 4.80. The van der Waals surface area contributed by atoms with Crippen molar-refractivity contribution in [3.8, 4) is 11.4 Å². The molecule has 0 spiro atoms. The number of carbonyl (C=O) groups is 1. The topological polar surface area (TPSA) is 73.0 Å².